The summed E-state index contributed by atoms with van der Waals surface area (Å²) in [6.07, 6.45) is 6.28. The fourth-order valence-electron chi connectivity index (χ4n) is 2.67. The highest BCUT2D eigenvalue weighted by Crippen LogP contribution is 2.28. The number of benzene rings is 1. The van der Waals surface area contributed by atoms with Gasteiger partial charge in [0.05, 0.1) is 0 Å². The Labute approximate surface area is 121 Å². The molecule has 1 N–H and O–H groups in total. The fraction of sp³-hybridized carbons (Fsp3) is 0.625. The maximum absolute atomic E-state index is 6.15. The van der Waals surface area contributed by atoms with E-state index in [-0.39, 0.29) is 0 Å². The van der Waals surface area contributed by atoms with Gasteiger partial charge in [0, 0.05) is 11.1 Å². The number of nitrogens with one attached hydrogen (secondary N) is 1. The Morgan fingerprint density at radius 2 is 2.21 bits per heavy atom. The Hall–Kier alpha value is -0.730. The number of hydrogen-bond donors (Lipinski definition) is 1. The second-order valence-electron chi connectivity index (χ2n) is 5.47. The van der Waals surface area contributed by atoms with Crippen molar-refractivity contribution in [3.05, 3.63) is 28.8 Å². The van der Waals surface area contributed by atoms with E-state index in [0.29, 0.717) is 12.1 Å². The first-order valence-electron chi connectivity index (χ1n) is 7.35. The van der Waals surface area contributed by atoms with Crippen LogP contribution in [0.2, 0.25) is 5.02 Å². The maximum Gasteiger partial charge on any atom is 0.124 e. The Morgan fingerprint density at radius 3 is 3.00 bits per heavy atom. The van der Waals surface area contributed by atoms with Crippen LogP contribution in [-0.4, -0.2) is 18.7 Å². The third-order valence-corrected chi connectivity index (χ3v) is 3.99. The molecule has 0 bridgehead atoms. The van der Waals surface area contributed by atoms with Crippen LogP contribution in [0.1, 0.15) is 44.6 Å². The monoisotopic (exact) mass is 281 g/mol. The third kappa shape index (κ3) is 4.39. The predicted octanol–water partition coefficient (Wildman–Crippen LogP) is 4.34. The molecule has 1 aliphatic rings. The zero-order valence-corrected chi connectivity index (χ0v) is 12.7. The highest BCUT2D eigenvalue weighted by Gasteiger charge is 2.23. The van der Waals surface area contributed by atoms with Crippen molar-refractivity contribution in [2.75, 3.05) is 6.54 Å². The van der Waals surface area contributed by atoms with E-state index in [1.807, 2.05) is 18.2 Å². The van der Waals surface area contributed by atoms with Crippen LogP contribution < -0.4 is 10.1 Å². The smallest absolute Gasteiger partial charge is 0.124 e. The van der Waals surface area contributed by atoms with Crippen molar-refractivity contribution in [1.29, 1.82) is 0 Å². The summed E-state index contributed by atoms with van der Waals surface area (Å²) >= 11 is 6.04. The first kappa shape index (κ1) is 14.7. The lowest BCUT2D eigenvalue weighted by Gasteiger charge is -2.30. The molecule has 2 atom stereocenters. The first-order valence-corrected chi connectivity index (χ1v) is 7.73. The Kier molecular flexibility index (Phi) is 5.53. The van der Waals surface area contributed by atoms with Crippen LogP contribution in [0.4, 0.5) is 0 Å². The minimum absolute atomic E-state index is 0.320. The third-order valence-electron chi connectivity index (χ3n) is 3.75. The molecule has 1 fully saturated rings. The van der Waals surface area contributed by atoms with Gasteiger partial charge in [-0.05, 0) is 63.3 Å². The van der Waals surface area contributed by atoms with E-state index in [0.717, 1.165) is 35.7 Å². The average Bonchev–Trinajstić information content (AvgIpc) is 2.41. The molecule has 1 saturated carbocycles. The van der Waals surface area contributed by atoms with E-state index in [9.17, 15) is 0 Å². The van der Waals surface area contributed by atoms with E-state index >= 15 is 0 Å². The van der Waals surface area contributed by atoms with Crippen LogP contribution in [0.15, 0.2) is 18.2 Å². The maximum atomic E-state index is 6.15. The quantitative estimate of drug-likeness (QED) is 0.867. The molecule has 1 aromatic carbocycles. The van der Waals surface area contributed by atoms with E-state index < -0.39 is 0 Å². The molecule has 0 amide bonds. The van der Waals surface area contributed by atoms with Crippen LogP contribution in [-0.2, 0) is 0 Å². The molecule has 0 spiro atoms. The van der Waals surface area contributed by atoms with Crippen molar-refractivity contribution in [3.63, 3.8) is 0 Å². The number of aryl methyl sites for hydroxylation is 1. The summed E-state index contributed by atoms with van der Waals surface area (Å²) in [6.45, 7) is 5.38. The van der Waals surface area contributed by atoms with Gasteiger partial charge in [0.2, 0.25) is 0 Å². The summed E-state index contributed by atoms with van der Waals surface area (Å²) in [5, 5.41) is 4.35. The molecule has 1 aliphatic carbocycles. The van der Waals surface area contributed by atoms with Gasteiger partial charge < -0.3 is 10.1 Å². The lowest BCUT2D eigenvalue weighted by molar-refractivity contribution is 0.134. The molecular weight excluding hydrogens is 258 g/mol. The Bertz CT molecular complexity index is 408. The largest absolute Gasteiger partial charge is 0.490 e. The van der Waals surface area contributed by atoms with Gasteiger partial charge in [-0.2, -0.15) is 0 Å². The zero-order valence-electron chi connectivity index (χ0n) is 11.9. The normalized spacial score (nSPS) is 23.3. The molecule has 2 nitrogen and oxygen atoms in total. The van der Waals surface area contributed by atoms with Crippen LogP contribution in [0.5, 0.6) is 5.75 Å². The number of ether oxygens (including phenoxy) is 1. The molecule has 0 heterocycles. The molecule has 19 heavy (non-hydrogen) atoms. The van der Waals surface area contributed by atoms with Crippen LogP contribution >= 0.6 is 11.6 Å². The van der Waals surface area contributed by atoms with Gasteiger partial charge in [0.1, 0.15) is 11.9 Å². The van der Waals surface area contributed by atoms with Gasteiger partial charge in [-0.1, -0.05) is 24.6 Å². The van der Waals surface area contributed by atoms with Gasteiger partial charge in [0.15, 0.2) is 0 Å². The van der Waals surface area contributed by atoms with Crippen LogP contribution in [0.3, 0.4) is 0 Å². The van der Waals surface area contributed by atoms with E-state index in [1.165, 1.54) is 19.3 Å². The highest BCUT2D eigenvalue weighted by molar-refractivity contribution is 6.30. The first-order chi connectivity index (χ1) is 9.19. The number of halogens is 1. The standard InChI is InChI=1S/C16H24ClNO/c1-3-9-18-14-5-4-6-15(11-14)19-16-10-13(17)8-7-12(16)2/h7-8,10,14-15,18H,3-6,9,11H2,1-2H3. The van der Waals surface area contributed by atoms with Gasteiger partial charge in [-0.25, -0.2) is 0 Å². The van der Waals surface area contributed by atoms with E-state index in [2.05, 4.69) is 19.2 Å². The average molecular weight is 282 g/mol. The van der Waals surface area contributed by atoms with Crippen molar-refractivity contribution in [2.45, 2.75) is 58.1 Å². The summed E-state index contributed by atoms with van der Waals surface area (Å²) in [5.41, 5.74) is 1.16. The molecule has 1 aromatic rings. The molecule has 0 aromatic heterocycles. The van der Waals surface area contributed by atoms with Gasteiger partial charge in [0.25, 0.3) is 0 Å². The summed E-state index contributed by atoms with van der Waals surface area (Å²) in [5.74, 6) is 0.939. The van der Waals surface area contributed by atoms with Crippen molar-refractivity contribution < 1.29 is 4.74 Å². The van der Waals surface area contributed by atoms with E-state index in [1.54, 1.807) is 0 Å². The van der Waals surface area contributed by atoms with Gasteiger partial charge >= 0.3 is 0 Å². The molecule has 0 radical (unpaired) electrons. The van der Waals surface area contributed by atoms with Crippen molar-refractivity contribution in [3.8, 4) is 5.75 Å². The summed E-state index contributed by atoms with van der Waals surface area (Å²) in [6, 6.07) is 6.47. The lowest BCUT2D eigenvalue weighted by atomic mass is 9.92. The molecule has 2 rings (SSSR count). The minimum Gasteiger partial charge on any atom is -0.490 e. The second-order valence-corrected chi connectivity index (χ2v) is 5.90. The molecule has 0 aliphatic heterocycles. The Morgan fingerprint density at radius 1 is 1.37 bits per heavy atom. The second kappa shape index (κ2) is 7.16. The number of rotatable bonds is 5. The van der Waals surface area contributed by atoms with Crippen molar-refractivity contribution in [1.82, 2.24) is 5.32 Å². The van der Waals surface area contributed by atoms with Crippen LogP contribution in [0.25, 0.3) is 0 Å². The molecule has 3 heteroatoms. The topological polar surface area (TPSA) is 21.3 Å². The SMILES string of the molecule is CCCNC1CCCC(Oc2cc(Cl)ccc2C)C1. The molecule has 106 valence electrons. The summed E-state index contributed by atoms with van der Waals surface area (Å²) in [7, 11) is 0. The van der Waals surface area contributed by atoms with Crippen molar-refractivity contribution >= 4 is 11.6 Å². The van der Waals surface area contributed by atoms with Gasteiger partial charge in [-0.3, -0.25) is 0 Å². The van der Waals surface area contributed by atoms with Crippen molar-refractivity contribution in [2.24, 2.45) is 0 Å². The predicted molar refractivity (Wildman–Crippen MR) is 81.2 cm³/mol. The number of hydrogen-bond acceptors (Lipinski definition) is 2. The molecule has 0 saturated heterocycles. The highest BCUT2D eigenvalue weighted by atomic mass is 35.5. The lowest BCUT2D eigenvalue weighted by Crippen LogP contribution is -2.38. The zero-order chi connectivity index (χ0) is 13.7. The summed E-state index contributed by atoms with van der Waals surface area (Å²) in [4.78, 5) is 0. The molecular formula is C16H24ClNO. The minimum atomic E-state index is 0.320. The van der Waals surface area contributed by atoms with Gasteiger partial charge in [-0.15, -0.1) is 0 Å². The fourth-order valence-corrected chi connectivity index (χ4v) is 2.83. The molecule has 2 unspecified atom stereocenters. The summed E-state index contributed by atoms with van der Waals surface area (Å²) < 4.78 is 6.15. The van der Waals surface area contributed by atoms with Crippen LogP contribution in [0, 0.1) is 6.92 Å². The van der Waals surface area contributed by atoms with E-state index in [4.69, 9.17) is 16.3 Å². The Balaban J connectivity index is 1.93.